The topological polar surface area (TPSA) is 92.3 Å². The van der Waals surface area contributed by atoms with Gasteiger partial charge in [0.15, 0.2) is 4.34 Å². The van der Waals surface area contributed by atoms with Crippen molar-refractivity contribution in [1.29, 1.82) is 0 Å². The fourth-order valence-corrected chi connectivity index (χ4v) is 5.73. The van der Waals surface area contributed by atoms with Crippen LogP contribution >= 0.6 is 23.1 Å². The molecule has 0 radical (unpaired) electrons. The third-order valence-corrected chi connectivity index (χ3v) is 7.67. The minimum atomic E-state index is -3.68. The number of nitrogens with one attached hydrogen (secondary N) is 1. The van der Waals surface area contributed by atoms with E-state index in [0.717, 1.165) is 27.5 Å². The molecule has 0 unspecified atom stereocenters. The zero-order chi connectivity index (χ0) is 21.8. The van der Waals surface area contributed by atoms with Crippen LogP contribution in [0.1, 0.15) is 38.3 Å². The third-order valence-electron chi connectivity index (χ3n) is 4.11. The molecule has 7 nitrogen and oxygen atoms in total. The highest BCUT2D eigenvalue weighted by molar-refractivity contribution is 8.01. The average Bonchev–Trinajstić information content (AvgIpc) is 3.06. The van der Waals surface area contributed by atoms with Crippen LogP contribution in [0.25, 0.3) is 0 Å². The van der Waals surface area contributed by atoms with Gasteiger partial charge in [-0.3, -0.25) is 14.4 Å². The molecule has 0 fully saturated rings. The standard InChI is InChI=1S/C19H28N4O3S3/c1-7-15(17(24)20-18-21-22-19(28-18)27-11-12(2)3)23(29(6,25)26)16-10-13(4)8-9-14(16)5/h8-10,12,15H,7,11H2,1-6H3,(H,20,21,24)/t15-/m0/s1. The molecule has 10 heteroatoms. The van der Waals surface area contributed by atoms with Crippen molar-refractivity contribution in [3.8, 4) is 0 Å². The van der Waals surface area contributed by atoms with Gasteiger partial charge in [-0.1, -0.05) is 56.0 Å². The molecule has 0 aliphatic heterocycles. The summed E-state index contributed by atoms with van der Waals surface area (Å²) in [6.07, 6.45) is 1.44. The van der Waals surface area contributed by atoms with E-state index in [1.54, 1.807) is 24.8 Å². The fraction of sp³-hybridized carbons (Fsp3) is 0.526. The Bertz CT molecular complexity index is 957. The molecule has 1 heterocycles. The number of thioether (sulfide) groups is 1. The van der Waals surface area contributed by atoms with Gasteiger partial charge in [-0.15, -0.1) is 10.2 Å². The van der Waals surface area contributed by atoms with Crippen LogP contribution in [0.2, 0.25) is 0 Å². The Morgan fingerprint density at radius 1 is 1.28 bits per heavy atom. The van der Waals surface area contributed by atoms with Crippen molar-refractivity contribution in [3.05, 3.63) is 29.3 Å². The summed E-state index contributed by atoms with van der Waals surface area (Å²) in [5.41, 5.74) is 2.22. The maximum Gasteiger partial charge on any atom is 0.250 e. The van der Waals surface area contributed by atoms with Crippen molar-refractivity contribution in [2.24, 2.45) is 5.92 Å². The van der Waals surface area contributed by atoms with Crippen LogP contribution in [-0.4, -0.2) is 42.6 Å². The predicted octanol–water partition coefficient (Wildman–Crippen LogP) is 4.09. The summed E-state index contributed by atoms with van der Waals surface area (Å²) in [5.74, 6) is 1.01. The van der Waals surface area contributed by atoms with E-state index in [4.69, 9.17) is 0 Å². The number of benzene rings is 1. The van der Waals surface area contributed by atoms with Crippen molar-refractivity contribution in [1.82, 2.24) is 10.2 Å². The highest BCUT2D eigenvalue weighted by atomic mass is 32.2. The van der Waals surface area contributed by atoms with E-state index in [0.29, 0.717) is 23.2 Å². The molecule has 1 amide bonds. The second kappa shape index (κ2) is 9.90. The highest BCUT2D eigenvalue weighted by Gasteiger charge is 2.33. The van der Waals surface area contributed by atoms with Crippen molar-refractivity contribution >= 4 is 49.8 Å². The first kappa shape index (κ1) is 23.6. The van der Waals surface area contributed by atoms with E-state index < -0.39 is 22.0 Å². The van der Waals surface area contributed by atoms with E-state index in [2.05, 4.69) is 29.4 Å². The van der Waals surface area contributed by atoms with E-state index in [9.17, 15) is 13.2 Å². The number of sulfonamides is 1. The van der Waals surface area contributed by atoms with Crippen LogP contribution in [0.3, 0.4) is 0 Å². The van der Waals surface area contributed by atoms with Gasteiger partial charge in [-0.2, -0.15) is 0 Å². The monoisotopic (exact) mass is 456 g/mol. The van der Waals surface area contributed by atoms with Crippen LogP contribution in [0.15, 0.2) is 22.5 Å². The SMILES string of the molecule is CC[C@@H](C(=O)Nc1nnc(SCC(C)C)s1)N(c1cc(C)ccc1C)S(C)(=O)=O. The smallest absolute Gasteiger partial charge is 0.250 e. The van der Waals surface area contributed by atoms with Crippen LogP contribution in [-0.2, 0) is 14.8 Å². The molecule has 29 heavy (non-hydrogen) atoms. The van der Waals surface area contributed by atoms with Gasteiger partial charge in [0.1, 0.15) is 6.04 Å². The number of amides is 1. The molecule has 2 aromatic rings. The van der Waals surface area contributed by atoms with Gasteiger partial charge in [0.05, 0.1) is 11.9 Å². The Kier molecular flexibility index (Phi) is 8.07. The van der Waals surface area contributed by atoms with Gasteiger partial charge in [-0.25, -0.2) is 8.42 Å². The second-order valence-electron chi connectivity index (χ2n) is 7.34. The Labute approximate surface area is 181 Å². The maximum absolute atomic E-state index is 13.0. The summed E-state index contributed by atoms with van der Waals surface area (Å²) < 4.78 is 27.2. The number of nitrogens with zero attached hydrogens (tertiary/aromatic N) is 3. The van der Waals surface area contributed by atoms with Gasteiger partial charge in [0.2, 0.25) is 21.1 Å². The minimum Gasteiger partial charge on any atom is -0.299 e. The van der Waals surface area contributed by atoms with Crippen molar-refractivity contribution in [2.45, 2.75) is 51.4 Å². The fourth-order valence-electron chi connectivity index (χ4n) is 2.74. The number of aromatic nitrogens is 2. The van der Waals surface area contributed by atoms with Crippen LogP contribution in [0.4, 0.5) is 10.8 Å². The Hall–Kier alpha value is -1.65. The van der Waals surface area contributed by atoms with Crippen molar-refractivity contribution in [2.75, 3.05) is 21.6 Å². The summed E-state index contributed by atoms with van der Waals surface area (Å²) in [4.78, 5) is 13.0. The first-order valence-corrected chi connectivity index (χ1v) is 13.0. The quantitative estimate of drug-likeness (QED) is 0.451. The lowest BCUT2D eigenvalue weighted by molar-refractivity contribution is -0.117. The van der Waals surface area contributed by atoms with Gasteiger partial charge < -0.3 is 0 Å². The molecular weight excluding hydrogens is 428 g/mol. The molecule has 0 bridgehead atoms. The molecule has 1 atom stereocenters. The molecule has 0 saturated heterocycles. The van der Waals surface area contributed by atoms with E-state index in [-0.39, 0.29) is 0 Å². The molecule has 0 aliphatic rings. The predicted molar refractivity (Wildman–Crippen MR) is 121 cm³/mol. The second-order valence-corrected chi connectivity index (χ2v) is 11.4. The summed E-state index contributed by atoms with van der Waals surface area (Å²) in [5, 5.41) is 11.2. The lowest BCUT2D eigenvalue weighted by Crippen LogP contribution is -2.47. The minimum absolute atomic E-state index is 0.319. The van der Waals surface area contributed by atoms with E-state index in [1.807, 2.05) is 26.0 Å². The van der Waals surface area contributed by atoms with Gasteiger partial charge in [0, 0.05) is 5.75 Å². The molecule has 0 aliphatic carbocycles. The Morgan fingerprint density at radius 3 is 2.55 bits per heavy atom. The highest BCUT2D eigenvalue weighted by Crippen LogP contribution is 2.30. The molecule has 1 N–H and O–H groups in total. The normalized spacial score (nSPS) is 12.8. The van der Waals surface area contributed by atoms with Crippen molar-refractivity contribution < 1.29 is 13.2 Å². The van der Waals surface area contributed by atoms with Crippen molar-refractivity contribution in [3.63, 3.8) is 0 Å². The number of carbonyl (C=O) groups excluding carboxylic acids is 1. The number of aryl methyl sites for hydroxylation is 2. The Balaban J connectivity index is 2.28. The molecular formula is C19H28N4O3S3. The Morgan fingerprint density at radius 2 is 1.97 bits per heavy atom. The number of rotatable bonds is 9. The lowest BCUT2D eigenvalue weighted by atomic mass is 10.1. The molecule has 1 aromatic carbocycles. The number of hydrogen-bond acceptors (Lipinski definition) is 7. The average molecular weight is 457 g/mol. The molecule has 0 spiro atoms. The zero-order valence-corrected chi connectivity index (χ0v) is 20.0. The maximum atomic E-state index is 13.0. The van der Waals surface area contributed by atoms with Gasteiger partial charge in [-0.05, 0) is 43.4 Å². The summed E-state index contributed by atoms with van der Waals surface area (Å²) in [6, 6.07) is 4.67. The van der Waals surface area contributed by atoms with E-state index in [1.165, 1.54) is 15.6 Å². The molecule has 1 aromatic heterocycles. The lowest BCUT2D eigenvalue weighted by Gasteiger charge is -2.31. The molecule has 2 rings (SSSR count). The summed E-state index contributed by atoms with van der Waals surface area (Å²) >= 11 is 2.88. The van der Waals surface area contributed by atoms with Crippen LogP contribution in [0, 0.1) is 19.8 Å². The third kappa shape index (κ3) is 6.42. The number of anilines is 2. The first-order chi connectivity index (χ1) is 13.5. The number of hydrogen-bond donors (Lipinski definition) is 1. The summed E-state index contributed by atoms with van der Waals surface area (Å²) in [6.45, 7) is 9.76. The zero-order valence-electron chi connectivity index (χ0n) is 17.6. The van der Waals surface area contributed by atoms with Gasteiger partial charge in [0.25, 0.3) is 0 Å². The van der Waals surface area contributed by atoms with Gasteiger partial charge >= 0.3 is 0 Å². The molecule has 0 saturated carbocycles. The number of carbonyl (C=O) groups is 1. The largest absolute Gasteiger partial charge is 0.299 e. The first-order valence-electron chi connectivity index (χ1n) is 9.36. The van der Waals surface area contributed by atoms with Crippen LogP contribution in [0.5, 0.6) is 0 Å². The summed E-state index contributed by atoms with van der Waals surface area (Å²) in [7, 11) is -3.68. The molecule has 160 valence electrons. The van der Waals surface area contributed by atoms with Crippen LogP contribution < -0.4 is 9.62 Å². The van der Waals surface area contributed by atoms with E-state index >= 15 is 0 Å².